The number of carbonyl (C=O) groups excluding carboxylic acids is 1. The van der Waals surface area contributed by atoms with Crippen LogP contribution in [0, 0.1) is 0 Å². The van der Waals surface area contributed by atoms with Gasteiger partial charge in [0.1, 0.15) is 0 Å². The van der Waals surface area contributed by atoms with Gasteiger partial charge in [-0.1, -0.05) is 0 Å². The highest BCUT2D eigenvalue weighted by molar-refractivity contribution is 9.10. The topological polar surface area (TPSA) is 68.5 Å². The van der Waals surface area contributed by atoms with Gasteiger partial charge in [0.2, 0.25) is 0 Å². The van der Waals surface area contributed by atoms with E-state index in [1.54, 1.807) is 6.20 Å². The molecule has 0 bridgehead atoms. The fourth-order valence-electron chi connectivity index (χ4n) is 2.08. The van der Waals surface area contributed by atoms with Crippen molar-refractivity contribution in [2.24, 2.45) is 5.73 Å². The highest BCUT2D eigenvalue weighted by Crippen LogP contribution is 2.27. The Morgan fingerprint density at radius 3 is 2.94 bits per heavy atom. The van der Waals surface area contributed by atoms with E-state index < -0.39 is 5.91 Å². The molecule has 0 spiro atoms. The largest absolute Gasteiger partial charge is 0.372 e. The van der Waals surface area contributed by atoms with Crippen molar-refractivity contribution in [3.05, 3.63) is 22.4 Å². The van der Waals surface area contributed by atoms with Crippen LogP contribution in [0.3, 0.4) is 0 Å². The number of anilines is 1. The summed E-state index contributed by atoms with van der Waals surface area (Å²) < 4.78 is 6.48. The minimum Gasteiger partial charge on any atom is -0.372 e. The van der Waals surface area contributed by atoms with Crippen molar-refractivity contribution in [1.29, 1.82) is 0 Å². The van der Waals surface area contributed by atoms with Crippen LogP contribution in [0.15, 0.2) is 16.7 Å². The zero-order valence-corrected chi connectivity index (χ0v) is 12.0. The summed E-state index contributed by atoms with van der Waals surface area (Å²) in [4.78, 5) is 17.6. The number of amides is 1. The fraction of sp³-hybridized carbons (Fsp3) is 0.500. The molecule has 1 aromatic rings. The second kappa shape index (κ2) is 4.85. The van der Waals surface area contributed by atoms with Crippen molar-refractivity contribution in [2.45, 2.75) is 19.4 Å². The minimum atomic E-state index is -0.512. The first-order valence-corrected chi connectivity index (χ1v) is 6.53. The van der Waals surface area contributed by atoms with E-state index in [-0.39, 0.29) is 5.60 Å². The van der Waals surface area contributed by atoms with Gasteiger partial charge >= 0.3 is 0 Å². The van der Waals surface area contributed by atoms with E-state index in [0.29, 0.717) is 18.8 Å². The fourth-order valence-corrected chi connectivity index (χ4v) is 2.40. The monoisotopic (exact) mass is 313 g/mol. The van der Waals surface area contributed by atoms with Gasteiger partial charge < -0.3 is 15.4 Å². The van der Waals surface area contributed by atoms with Crippen LogP contribution in [0.4, 0.5) is 5.69 Å². The van der Waals surface area contributed by atoms with E-state index in [9.17, 15) is 4.79 Å². The zero-order valence-electron chi connectivity index (χ0n) is 10.4. The quantitative estimate of drug-likeness (QED) is 0.899. The zero-order chi connectivity index (χ0) is 13.3. The molecule has 0 unspecified atom stereocenters. The smallest absolute Gasteiger partial charge is 0.269 e. The Hall–Kier alpha value is -1.14. The predicted molar refractivity (Wildman–Crippen MR) is 72.7 cm³/mol. The van der Waals surface area contributed by atoms with Crippen molar-refractivity contribution in [1.82, 2.24) is 4.98 Å². The van der Waals surface area contributed by atoms with Crippen LogP contribution in [0.2, 0.25) is 0 Å². The summed E-state index contributed by atoms with van der Waals surface area (Å²) in [6, 6.07) is 1.87. The molecule has 2 rings (SSSR count). The number of ether oxygens (including phenoxy) is 1. The highest BCUT2D eigenvalue weighted by Gasteiger charge is 2.29. The van der Waals surface area contributed by atoms with Crippen LogP contribution >= 0.6 is 15.9 Å². The van der Waals surface area contributed by atoms with Crippen molar-refractivity contribution in [3.63, 3.8) is 0 Å². The van der Waals surface area contributed by atoms with Crippen molar-refractivity contribution >= 4 is 27.5 Å². The van der Waals surface area contributed by atoms with Crippen LogP contribution < -0.4 is 10.6 Å². The number of aromatic nitrogens is 1. The van der Waals surface area contributed by atoms with Crippen molar-refractivity contribution in [3.8, 4) is 0 Å². The van der Waals surface area contributed by atoms with Gasteiger partial charge in [-0.25, -0.2) is 4.98 Å². The average Bonchev–Trinajstić information content (AvgIpc) is 2.27. The van der Waals surface area contributed by atoms with Crippen LogP contribution in [0.1, 0.15) is 24.3 Å². The highest BCUT2D eigenvalue weighted by atomic mass is 79.9. The number of rotatable bonds is 2. The average molecular weight is 314 g/mol. The van der Waals surface area contributed by atoms with E-state index in [0.717, 1.165) is 16.7 Å². The third kappa shape index (κ3) is 2.81. The van der Waals surface area contributed by atoms with Crippen LogP contribution in [0.5, 0.6) is 0 Å². The van der Waals surface area contributed by atoms with Crippen LogP contribution in [-0.4, -0.2) is 36.2 Å². The summed E-state index contributed by atoms with van der Waals surface area (Å²) in [6.45, 7) is 6.09. The molecule has 2 heterocycles. The van der Waals surface area contributed by atoms with Gasteiger partial charge in [0.25, 0.3) is 5.91 Å². The molecule has 0 atom stereocenters. The van der Waals surface area contributed by atoms with Gasteiger partial charge in [-0.2, -0.15) is 0 Å². The molecule has 1 fully saturated rings. The maximum atomic E-state index is 11.4. The maximum absolute atomic E-state index is 11.4. The lowest BCUT2D eigenvalue weighted by molar-refractivity contribution is -0.0277. The number of hydrogen-bond donors (Lipinski definition) is 1. The van der Waals surface area contributed by atoms with Gasteiger partial charge in [0, 0.05) is 23.8 Å². The molecule has 1 amide bonds. The Morgan fingerprint density at radius 1 is 1.61 bits per heavy atom. The Bertz CT molecular complexity index is 476. The van der Waals surface area contributed by atoms with E-state index >= 15 is 0 Å². The molecular formula is C12H16BrN3O2. The minimum absolute atomic E-state index is 0.241. The molecule has 1 saturated heterocycles. The lowest BCUT2D eigenvalue weighted by Gasteiger charge is -2.39. The molecule has 1 aromatic heterocycles. The molecule has 1 aliphatic rings. The molecular weight excluding hydrogens is 298 g/mol. The SMILES string of the molecule is CC1(C)CN(c2cc(Br)cnc2C(N)=O)CCO1. The van der Waals surface area contributed by atoms with Crippen molar-refractivity contribution in [2.75, 3.05) is 24.6 Å². The summed E-state index contributed by atoms with van der Waals surface area (Å²) in [7, 11) is 0. The van der Waals surface area contributed by atoms with Crippen LogP contribution in [-0.2, 0) is 4.74 Å². The van der Waals surface area contributed by atoms with Gasteiger partial charge in [-0.05, 0) is 35.8 Å². The molecule has 0 aromatic carbocycles. The molecule has 2 N–H and O–H groups in total. The third-order valence-corrected chi connectivity index (χ3v) is 3.27. The van der Waals surface area contributed by atoms with Crippen molar-refractivity contribution < 1.29 is 9.53 Å². The second-order valence-electron chi connectivity index (χ2n) is 4.92. The number of halogens is 1. The molecule has 98 valence electrons. The number of hydrogen-bond acceptors (Lipinski definition) is 4. The molecule has 0 aliphatic carbocycles. The number of carbonyl (C=O) groups is 1. The number of pyridine rings is 1. The van der Waals surface area contributed by atoms with Gasteiger partial charge in [-0.3, -0.25) is 4.79 Å². The first-order chi connectivity index (χ1) is 8.39. The molecule has 18 heavy (non-hydrogen) atoms. The first-order valence-electron chi connectivity index (χ1n) is 5.73. The number of nitrogens with zero attached hydrogens (tertiary/aromatic N) is 2. The Labute approximate surface area is 114 Å². The second-order valence-corrected chi connectivity index (χ2v) is 5.83. The summed E-state index contributed by atoms with van der Waals surface area (Å²) in [5, 5.41) is 0. The number of primary amides is 1. The molecule has 1 aliphatic heterocycles. The Morgan fingerprint density at radius 2 is 2.33 bits per heavy atom. The summed E-state index contributed by atoms with van der Waals surface area (Å²) in [5.41, 5.74) is 6.18. The number of morpholine rings is 1. The Balaban J connectivity index is 2.37. The van der Waals surface area contributed by atoms with E-state index in [1.807, 2.05) is 19.9 Å². The lowest BCUT2D eigenvalue weighted by Crippen LogP contribution is -2.49. The Kier molecular flexibility index (Phi) is 3.59. The molecule has 5 nitrogen and oxygen atoms in total. The van der Waals surface area contributed by atoms with Gasteiger partial charge in [0.05, 0.1) is 17.9 Å². The van der Waals surface area contributed by atoms with Gasteiger partial charge in [0.15, 0.2) is 5.69 Å². The summed E-state index contributed by atoms with van der Waals surface area (Å²) >= 11 is 3.37. The van der Waals surface area contributed by atoms with E-state index in [1.165, 1.54) is 0 Å². The first kappa shape index (κ1) is 13.3. The molecule has 0 saturated carbocycles. The third-order valence-electron chi connectivity index (χ3n) is 2.83. The maximum Gasteiger partial charge on any atom is 0.269 e. The lowest BCUT2D eigenvalue weighted by atomic mass is 10.1. The van der Waals surface area contributed by atoms with E-state index in [4.69, 9.17) is 10.5 Å². The summed E-state index contributed by atoms with van der Waals surface area (Å²) in [6.07, 6.45) is 1.58. The summed E-state index contributed by atoms with van der Waals surface area (Å²) in [5.74, 6) is -0.512. The standard InChI is InChI=1S/C12H16BrN3O2/c1-12(2)7-16(3-4-18-12)9-5-8(13)6-15-10(9)11(14)17/h5-6H,3-4,7H2,1-2H3,(H2,14,17). The number of nitrogens with two attached hydrogens (primary N) is 1. The predicted octanol–water partition coefficient (Wildman–Crippen LogP) is 1.56. The molecule has 0 radical (unpaired) electrons. The molecule has 6 heteroatoms. The van der Waals surface area contributed by atoms with Gasteiger partial charge in [-0.15, -0.1) is 0 Å². The van der Waals surface area contributed by atoms with Crippen LogP contribution in [0.25, 0.3) is 0 Å². The van der Waals surface area contributed by atoms with E-state index in [2.05, 4.69) is 25.8 Å². The normalized spacial score (nSPS) is 18.7.